The van der Waals surface area contributed by atoms with Crippen molar-refractivity contribution in [3.8, 4) is 0 Å². The van der Waals surface area contributed by atoms with E-state index in [1.165, 1.54) is 0 Å². The van der Waals surface area contributed by atoms with Gasteiger partial charge in [0.15, 0.2) is 0 Å². The molecular weight excluding hydrogens is 276 g/mol. The first-order valence-corrected chi connectivity index (χ1v) is 8.46. The lowest BCUT2D eigenvalue weighted by Crippen LogP contribution is -2.41. The summed E-state index contributed by atoms with van der Waals surface area (Å²) in [6, 6.07) is 0. The van der Waals surface area contributed by atoms with Crippen LogP contribution in [-0.2, 0) is 14.3 Å². The highest BCUT2D eigenvalue weighted by atomic mass is 16.6. The summed E-state index contributed by atoms with van der Waals surface area (Å²) in [7, 11) is 0. The molecule has 2 saturated carbocycles. The van der Waals surface area contributed by atoms with E-state index in [0.29, 0.717) is 12.2 Å². The molecule has 22 heavy (non-hydrogen) atoms. The Hall–Kier alpha value is -1.12. The average molecular weight is 306 g/mol. The van der Waals surface area contributed by atoms with Crippen LogP contribution in [-0.4, -0.2) is 17.4 Å². The van der Waals surface area contributed by atoms with Gasteiger partial charge in [-0.2, -0.15) is 0 Å². The van der Waals surface area contributed by atoms with Crippen LogP contribution in [0.1, 0.15) is 66.7 Å². The number of fused-ring (bicyclic) bond motifs is 1. The maximum absolute atomic E-state index is 12.7. The maximum Gasteiger partial charge on any atom is 0.313 e. The average Bonchev–Trinajstić information content (AvgIpc) is 2.65. The Kier molecular flexibility index (Phi) is 4.56. The summed E-state index contributed by atoms with van der Waals surface area (Å²) in [5.74, 6) is -0.174. The molecule has 0 radical (unpaired) electrons. The molecule has 0 amide bonds. The Balaban J connectivity index is 2.28. The van der Waals surface area contributed by atoms with E-state index in [4.69, 9.17) is 4.74 Å². The van der Waals surface area contributed by atoms with Crippen molar-refractivity contribution >= 4 is 11.8 Å². The van der Waals surface area contributed by atoms with Crippen LogP contribution >= 0.6 is 0 Å². The van der Waals surface area contributed by atoms with Crippen molar-refractivity contribution in [1.82, 2.24) is 0 Å². The standard InChI is InChI=1S/C19H30O3/c1-12(2)15(17(21)22-18(3,4)5)13-9-11-19(6)10-7-8-14(20)16(13)19/h13,15-16H,1,7-11H2,2-6H3/t13-,15+,16+,19+/m0/s1. The molecule has 2 fully saturated rings. The summed E-state index contributed by atoms with van der Waals surface area (Å²) in [6.45, 7) is 13.8. The van der Waals surface area contributed by atoms with Gasteiger partial charge in [0, 0.05) is 12.3 Å². The third kappa shape index (κ3) is 3.28. The van der Waals surface area contributed by atoms with E-state index in [2.05, 4.69) is 13.5 Å². The van der Waals surface area contributed by atoms with E-state index in [1.54, 1.807) is 0 Å². The van der Waals surface area contributed by atoms with Gasteiger partial charge in [0.2, 0.25) is 0 Å². The van der Waals surface area contributed by atoms with Crippen LogP contribution in [0.2, 0.25) is 0 Å². The van der Waals surface area contributed by atoms with Gasteiger partial charge in [-0.1, -0.05) is 19.1 Å². The van der Waals surface area contributed by atoms with Crippen molar-refractivity contribution < 1.29 is 14.3 Å². The fraction of sp³-hybridized carbons (Fsp3) is 0.789. The lowest BCUT2D eigenvalue weighted by Gasteiger charge is -2.39. The zero-order valence-corrected chi connectivity index (χ0v) is 14.7. The van der Waals surface area contributed by atoms with Crippen LogP contribution in [0.4, 0.5) is 0 Å². The molecule has 2 aliphatic rings. The monoisotopic (exact) mass is 306 g/mol. The quantitative estimate of drug-likeness (QED) is 0.576. The number of Topliss-reactive ketones (excluding diaryl/α,β-unsaturated/α-hetero) is 1. The second-order valence-corrected chi connectivity index (χ2v) is 8.51. The largest absolute Gasteiger partial charge is 0.460 e. The van der Waals surface area contributed by atoms with E-state index < -0.39 is 5.60 Å². The predicted molar refractivity (Wildman–Crippen MR) is 87.3 cm³/mol. The second-order valence-electron chi connectivity index (χ2n) is 8.51. The van der Waals surface area contributed by atoms with Crippen molar-refractivity contribution in [2.24, 2.45) is 23.2 Å². The molecule has 2 rings (SSSR count). The smallest absolute Gasteiger partial charge is 0.313 e. The van der Waals surface area contributed by atoms with Gasteiger partial charge in [0.25, 0.3) is 0 Å². The molecule has 0 N–H and O–H groups in total. The molecule has 2 aliphatic carbocycles. The van der Waals surface area contributed by atoms with E-state index in [1.807, 2.05) is 27.7 Å². The van der Waals surface area contributed by atoms with E-state index >= 15 is 0 Å². The van der Waals surface area contributed by atoms with Gasteiger partial charge in [-0.05, 0) is 64.7 Å². The topological polar surface area (TPSA) is 43.4 Å². The fourth-order valence-electron chi connectivity index (χ4n) is 4.53. The molecule has 0 unspecified atom stereocenters. The summed E-state index contributed by atoms with van der Waals surface area (Å²) >= 11 is 0. The van der Waals surface area contributed by atoms with E-state index in [-0.39, 0.29) is 29.1 Å². The molecule has 0 aliphatic heterocycles. The number of hydrogen-bond acceptors (Lipinski definition) is 3. The Morgan fingerprint density at radius 3 is 2.55 bits per heavy atom. The molecule has 3 nitrogen and oxygen atoms in total. The van der Waals surface area contributed by atoms with Crippen LogP contribution in [0.25, 0.3) is 0 Å². The molecule has 0 spiro atoms. The van der Waals surface area contributed by atoms with Crippen LogP contribution in [0.5, 0.6) is 0 Å². The van der Waals surface area contributed by atoms with Gasteiger partial charge in [0.05, 0.1) is 5.92 Å². The Labute approximate surface area is 134 Å². The van der Waals surface area contributed by atoms with Crippen molar-refractivity contribution in [3.63, 3.8) is 0 Å². The minimum absolute atomic E-state index is 0.00420. The highest BCUT2D eigenvalue weighted by molar-refractivity contribution is 5.85. The summed E-state index contributed by atoms with van der Waals surface area (Å²) in [5, 5.41) is 0. The normalized spacial score (nSPS) is 33.2. The SMILES string of the molecule is C=C(C)[C@@H](C(=O)OC(C)(C)C)[C@@H]1CC[C@@]2(C)CCCC(=O)[C@@H]12. The molecule has 0 saturated heterocycles. The summed E-state index contributed by atoms with van der Waals surface area (Å²) < 4.78 is 5.61. The Morgan fingerprint density at radius 1 is 1.36 bits per heavy atom. The molecule has 124 valence electrons. The Morgan fingerprint density at radius 2 is 2.00 bits per heavy atom. The van der Waals surface area contributed by atoms with Crippen LogP contribution in [0, 0.1) is 23.2 Å². The third-order valence-corrected chi connectivity index (χ3v) is 5.37. The van der Waals surface area contributed by atoms with Gasteiger partial charge in [-0.3, -0.25) is 9.59 Å². The van der Waals surface area contributed by atoms with Gasteiger partial charge in [-0.15, -0.1) is 0 Å². The number of rotatable bonds is 3. The third-order valence-electron chi connectivity index (χ3n) is 5.37. The summed E-state index contributed by atoms with van der Waals surface area (Å²) in [5.41, 5.74) is 0.376. The molecular formula is C19H30O3. The molecule has 3 heteroatoms. The Bertz CT molecular complexity index is 485. The summed E-state index contributed by atoms with van der Waals surface area (Å²) in [4.78, 5) is 25.2. The molecule has 0 heterocycles. The lowest BCUT2D eigenvalue weighted by atomic mass is 9.64. The maximum atomic E-state index is 12.7. The van der Waals surface area contributed by atoms with Gasteiger partial charge in [0.1, 0.15) is 11.4 Å². The highest BCUT2D eigenvalue weighted by Crippen LogP contribution is 2.56. The number of ether oxygens (including phenoxy) is 1. The minimum Gasteiger partial charge on any atom is -0.460 e. The van der Waals surface area contributed by atoms with Crippen molar-refractivity contribution in [2.75, 3.05) is 0 Å². The fourth-order valence-corrected chi connectivity index (χ4v) is 4.53. The number of hydrogen-bond donors (Lipinski definition) is 0. The predicted octanol–water partition coefficient (Wildman–Crippen LogP) is 4.31. The highest BCUT2D eigenvalue weighted by Gasteiger charge is 2.54. The number of ketones is 1. The first-order chi connectivity index (χ1) is 10.1. The summed E-state index contributed by atoms with van der Waals surface area (Å²) in [6.07, 6.45) is 4.69. The number of esters is 1. The zero-order valence-electron chi connectivity index (χ0n) is 14.7. The van der Waals surface area contributed by atoms with Crippen molar-refractivity contribution in [2.45, 2.75) is 72.3 Å². The number of carbonyl (C=O) groups is 2. The minimum atomic E-state index is -0.511. The van der Waals surface area contributed by atoms with Crippen LogP contribution < -0.4 is 0 Å². The lowest BCUT2D eigenvalue weighted by molar-refractivity contribution is -0.161. The van der Waals surface area contributed by atoms with Crippen molar-refractivity contribution in [3.05, 3.63) is 12.2 Å². The van der Waals surface area contributed by atoms with Crippen LogP contribution in [0.3, 0.4) is 0 Å². The second kappa shape index (κ2) is 5.82. The van der Waals surface area contributed by atoms with Crippen molar-refractivity contribution in [1.29, 1.82) is 0 Å². The molecule has 0 bridgehead atoms. The molecule has 4 atom stereocenters. The zero-order chi connectivity index (χ0) is 16.7. The molecule has 0 aromatic carbocycles. The van der Waals surface area contributed by atoms with Gasteiger partial charge in [-0.25, -0.2) is 0 Å². The van der Waals surface area contributed by atoms with Gasteiger partial charge < -0.3 is 4.74 Å². The molecule has 0 aromatic heterocycles. The number of carbonyl (C=O) groups excluding carboxylic acids is 2. The van der Waals surface area contributed by atoms with E-state index in [0.717, 1.165) is 31.3 Å². The van der Waals surface area contributed by atoms with Gasteiger partial charge >= 0.3 is 5.97 Å². The first-order valence-electron chi connectivity index (χ1n) is 8.46. The van der Waals surface area contributed by atoms with E-state index in [9.17, 15) is 9.59 Å². The molecule has 0 aromatic rings. The van der Waals surface area contributed by atoms with Crippen LogP contribution in [0.15, 0.2) is 12.2 Å². The first kappa shape index (κ1) is 17.2.